The second-order valence-corrected chi connectivity index (χ2v) is 7.05. The topological polar surface area (TPSA) is 98.8 Å². The molecule has 1 aromatic carbocycles. The van der Waals surface area contributed by atoms with Crippen molar-refractivity contribution in [3.63, 3.8) is 0 Å². The van der Waals surface area contributed by atoms with E-state index in [2.05, 4.69) is 0 Å². The Morgan fingerprint density at radius 2 is 1.79 bits per heavy atom. The summed E-state index contributed by atoms with van der Waals surface area (Å²) in [6.07, 6.45) is -5.91. The molecule has 2 unspecified atom stereocenters. The quantitative estimate of drug-likeness (QED) is 0.535. The van der Waals surface area contributed by atoms with Crippen molar-refractivity contribution in [1.82, 2.24) is 0 Å². The number of halogens is 3. The molecule has 150 valence electrons. The predicted molar refractivity (Wildman–Crippen MR) is 94.6 cm³/mol. The lowest BCUT2D eigenvalue weighted by molar-refractivity contribution is -0.393. The number of hydrogen-bond donors (Lipinski definition) is 0. The molecular weight excluding hydrogens is 403 g/mol. The molecule has 1 aliphatic rings. The number of nitro groups is 2. The zero-order chi connectivity index (χ0) is 20.6. The summed E-state index contributed by atoms with van der Waals surface area (Å²) in [5.41, 5.74) is -3.01. The Hall–Kier alpha value is -2.73. The van der Waals surface area contributed by atoms with Gasteiger partial charge in [0, 0.05) is 25.2 Å². The molecule has 0 N–H and O–H groups in total. The Kier molecular flexibility index (Phi) is 5.26. The van der Waals surface area contributed by atoms with Gasteiger partial charge in [-0.25, -0.2) is 0 Å². The number of rotatable bonds is 4. The fourth-order valence-electron chi connectivity index (χ4n) is 3.15. The fraction of sp³-hybridized carbons (Fsp3) is 0.375. The Morgan fingerprint density at radius 3 is 2.25 bits per heavy atom. The van der Waals surface area contributed by atoms with Gasteiger partial charge in [0.05, 0.1) is 21.5 Å². The summed E-state index contributed by atoms with van der Waals surface area (Å²) >= 11 is 1.41. The second-order valence-electron chi connectivity index (χ2n) is 6.27. The molecular formula is C16H14F3N3O5S. The highest BCUT2D eigenvalue weighted by atomic mass is 32.1. The molecule has 12 heteroatoms. The first-order chi connectivity index (χ1) is 13.1. The first-order valence-electron chi connectivity index (χ1n) is 8.04. The van der Waals surface area contributed by atoms with E-state index in [0.717, 1.165) is 5.56 Å². The van der Waals surface area contributed by atoms with E-state index < -0.39 is 50.9 Å². The molecule has 1 aliphatic heterocycles. The zero-order valence-corrected chi connectivity index (χ0v) is 15.2. The molecule has 1 fully saturated rings. The monoisotopic (exact) mass is 417 g/mol. The SMILES string of the molecule is CC1CN(c2c([N+](=O)[O-])cc(C(F)(F)F)cc2[N+](=O)[O-])CC(c2ccsc2)O1. The normalized spacial score (nSPS) is 20.2. The van der Waals surface area contributed by atoms with Gasteiger partial charge < -0.3 is 9.64 Å². The number of nitro benzene ring substituents is 2. The molecule has 0 bridgehead atoms. The maximum absolute atomic E-state index is 13.1. The van der Waals surface area contributed by atoms with Crippen molar-refractivity contribution in [2.45, 2.75) is 25.3 Å². The van der Waals surface area contributed by atoms with E-state index in [1.54, 1.807) is 13.0 Å². The van der Waals surface area contributed by atoms with Crippen molar-refractivity contribution in [1.29, 1.82) is 0 Å². The van der Waals surface area contributed by atoms with Gasteiger partial charge in [0.15, 0.2) is 5.69 Å². The second kappa shape index (κ2) is 7.36. The maximum atomic E-state index is 13.1. The number of benzene rings is 1. The van der Waals surface area contributed by atoms with Gasteiger partial charge in [-0.2, -0.15) is 24.5 Å². The van der Waals surface area contributed by atoms with E-state index in [9.17, 15) is 33.4 Å². The van der Waals surface area contributed by atoms with Gasteiger partial charge in [-0.05, 0) is 29.3 Å². The van der Waals surface area contributed by atoms with E-state index >= 15 is 0 Å². The van der Waals surface area contributed by atoms with Crippen LogP contribution in [0.15, 0.2) is 29.0 Å². The lowest BCUT2D eigenvalue weighted by atomic mass is 10.1. The van der Waals surface area contributed by atoms with Gasteiger partial charge in [0.25, 0.3) is 11.4 Å². The molecule has 8 nitrogen and oxygen atoms in total. The number of nitrogens with zero attached hydrogens (tertiary/aromatic N) is 3. The lowest BCUT2D eigenvalue weighted by Gasteiger charge is -2.37. The van der Waals surface area contributed by atoms with E-state index in [0.29, 0.717) is 12.1 Å². The Bertz CT molecular complexity index is 868. The van der Waals surface area contributed by atoms with Crippen LogP contribution in [-0.4, -0.2) is 29.0 Å². The first kappa shape index (κ1) is 20.0. The summed E-state index contributed by atoms with van der Waals surface area (Å²) in [6.45, 7) is 1.79. The molecule has 2 aromatic rings. The van der Waals surface area contributed by atoms with E-state index in [-0.39, 0.29) is 13.1 Å². The highest BCUT2D eigenvalue weighted by molar-refractivity contribution is 7.07. The number of ether oxygens (including phenoxy) is 1. The van der Waals surface area contributed by atoms with Gasteiger partial charge in [-0.1, -0.05) is 0 Å². The van der Waals surface area contributed by atoms with Gasteiger partial charge in [-0.3, -0.25) is 20.2 Å². The third kappa shape index (κ3) is 3.92. The van der Waals surface area contributed by atoms with E-state index in [1.165, 1.54) is 16.2 Å². The summed E-state index contributed by atoms with van der Waals surface area (Å²) < 4.78 is 45.0. The molecule has 2 atom stereocenters. The third-order valence-corrected chi connectivity index (χ3v) is 4.98. The molecule has 0 spiro atoms. The van der Waals surface area contributed by atoms with Crippen molar-refractivity contribution in [3.8, 4) is 0 Å². The van der Waals surface area contributed by atoms with Crippen LogP contribution < -0.4 is 4.90 Å². The molecule has 28 heavy (non-hydrogen) atoms. The van der Waals surface area contributed by atoms with Crippen LogP contribution in [-0.2, 0) is 10.9 Å². The summed E-state index contributed by atoms with van der Waals surface area (Å²) in [6, 6.07) is 2.46. The van der Waals surface area contributed by atoms with Crippen molar-refractivity contribution in [3.05, 3.63) is 60.3 Å². The van der Waals surface area contributed by atoms with Gasteiger partial charge in [0.1, 0.15) is 6.10 Å². The molecule has 1 aromatic heterocycles. The minimum Gasteiger partial charge on any atom is -0.367 e. The van der Waals surface area contributed by atoms with Crippen molar-refractivity contribution in [2.75, 3.05) is 18.0 Å². The summed E-state index contributed by atoms with van der Waals surface area (Å²) in [7, 11) is 0. The van der Waals surface area contributed by atoms with Crippen molar-refractivity contribution < 1.29 is 27.8 Å². The standard InChI is InChI=1S/C16H14F3N3O5S/c1-9-6-20(7-14(27-9)10-2-3-28-8-10)15-12(21(23)24)4-11(16(17,18)19)5-13(15)22(25)26/h2-5,8-9,14H,6-7H2,1H3. The van der Waals surface area contributed by atoms with Crippen LogP contribution in [0.5, 0.6) is 0 Å². The van der Waals surface area contributed by atoms with Crippen LogP contribution in [0, 0.1) is 20.2 Å². The molecule has 0 aliphatic carbocycles. The van der Waals surface area contributed by atoms with Crippen LogP contribution in [0.25, 0.3) is 0 Å². The number of thiophene rings is 1. The number of morpholine rings is 1. The Balaban J connectivity index is 2.13. The maximum Gasteiger partial charge on any atom is 0.416 e. The van der Waals surface area contributed by atoms with Crippen LogP contribution >= 0.6 is 11.3 Å². The van der Waals surface area contributed by atoms with Crippen LogP contribution in [0.2, 0.25) is 0 Å². The average Bonchev–Trinajstić information content (AvgIpc) is 3.13. The minimum absolute atomic E-state index is 0.0358. The molecule has 0 amide bonds. The van der Waals surface area contributed by atoms with Gasteiger partial charge >= 0.3 is 6.18 Å². The first-order valence-corrected chi connectivity index (χ1v) is 8.98. The third-order valence-electron chi connectivity index (χ3n) is 4.28. The molecule has 2 heterocycles. The van der Waals surface area contributed by atoms with Gasteiger partial charge in [0.2, 0.25) is 0 Å². The molecule has 0 saturated carbocycles. The van der Waals surface area contributed by atoms with Crippen LogP contribution in [0.1, 0.15) is 24.2 Å². The van der Waals surface area contributed by atoms with Crippen molar-refractivity contribution >= 4 is 28.4 Å². The average molecular weight is 417 g/mol. The number of anilines is 1. The molecule has 3 rings (SSSR count). The van der Waals surface area contributed by atoms with E-state index in [1.807, 2.05) is 10.8 Å². The highest BCUT2D eigenvalue weighted by Gasteiger charge is 2.41. The van der Waals surface area contributed by atoms with Crippen molar-refractivity contribution in [2.24, 2.45) is 0 Å². The Morgan fingerprint density at radius 1 is 1.18 bits per heavy atom. The number of alkyl halides is 3. The molecule has 0 radical (unpaired) electrons. The summed E-state index contributed by atoms with van der Waals surface area (Å²) in [5.74, 6) is 0. The Labute approximate surface area is 160 Å². The minimum atomic E-state index is -4.95. The molecule has 1 saturated heterocycles. The lowest BCUT2D eigenvalue weighted by Crippen LogP contribution is -2.43. The zero-order valence-electron chi connectivity index (χ0n) is 14.4. The van der Waals surface area contributed by atoms with Crippen LogP contribution in [0.3, 0.4) is 0 Å². The highest BCUT2D eigenvalue weighted by Crippen LogP contribution is 2.44. The predicted octanol–water partition coefficient (Wildman–Crippen LogP) is 4.55. The smallest absolute Gasteiger partial charge is 0.367 e. The largest absolute Gasteiger partial charge is 0.416 e. The van der Waals surface area contributed by atoms with Crippen LogP contribution in [0.4, 0.5) is 30.2 Å². The van der Waals surface area contributed by atoms with E-state index in [4.69, 9.17) is 4.74 Å². The van der Waals surface area contributed by atoms with Gasteiger partial charge in [-0.15, -0.1) is 0 Å². The fourth-order valence-corrected chi connectivity index (χ4v) is 3.85. The number of hydrogen-bond acceptors (Lipinski definition) is 7. The summed E-state index contributed by atoms with van der Waals surface area (Å²) in [5, 5.41) is 26.6. The summed E-state index contributed by atoms with van der Waals surface area (Å²) in [4.78, 5) is 22.2.